The van der Waals surface area contributed by atoms with Crippen molar-refractivity contribution in [1.29, 1.82) is 0 Å². The zero-order valence-electron chi connectivity index (χ0n) is 10.1. The molecule has 0 saturated carbocycles. The van der Waals surface area contributed by atoms with Crippen LogP contribution in [0.5, 0.6) is 5.75 Å². The van der Waals surface area contributed by atoms with Crippen molar-refractivity contribution in [3.63, 3.8) is 0 Å². The molecule has 0 atom stereocenters. The van der Waals surface area contributed by atoms with Crippen molar-refractivity contribution in [3.05, 3.63) is 47.5 Å². The number of para-hydroxylation sites is 1. The van der Waals surface area contributed by atoms with Gasteiger partial charge in [0, 0.05) is 36.3 Å². The lowest BCUT2D eigenvalue weighted by atomic mass is 10.2. The van der Waals surface area contributed by atoms with Crippen LogP contribution in [0.15, 0.2) is 30.5 Å². The van der Waals surface area contributed by atoms with Crippen molar-refractivity contribution < 1.29 is 9.13 Å². The van der Waals surface area contributed by atoms with Gasteiger partial charge in [0.25, 0.3) is 0 Å². The summed E-state index contributed by atoms with van der Waals surface area (Å²) in [4.78, 5) is 0. The average Bonchev–Trinajstić information content (AvgIpc) is 2.77. The maximum Gasteiger partial charge on any atom is 0.165 e. The molecule has 96 valence electrons. The van der Waals surface area contributed by atoms with Crippen molar-refractivity contribution in [1.82, 2.24) is 9.78 Å². The van der Waals surface area contributed by atoms with Crippen molar-refractivity contribution in [2.24, 2.45) is 7.05 Å². The van der Waals surface area contributed by atoms with Crippen LogP contribution in [0, 0.1) is 5.82 Å². The summed E-state index contributed by atoms with van der Waals surface area (Å²) in [6.07, 6.45) is 2.44. The fourth-order valence-corrected chi connectivity index (χ4v) is 2.17. The predicted octanol–water partition coefficient (Wildman–Crippen LogP) is 3.08. The standard InChI is InChI=1S/C13H14BrFN2O/c1-17-11(5-7-16-17)6-8-18-13-10(9-14)3-2-4-12(13)15/h2-5,7H,6,8-9H2,1H3. The van der Waals surface area contributed by atoms with Crippen LogP contribution in [-0.2, 0) is 18.8 Å². The highest BCUT2D eigenvalue weighted by Crippen LogP contribution is 2.24. The minimum Gasteiger partial charge on any atom is -0.490 e. The smallest absolute Gasteiger partial charge is 0.165 e. The zero-order chi connectivity index (χ0) is 13.0. The Labute approximate surface area is 114 Å². The van der Waals surface area contributed by atoms with Gasteiger partial charge in [0.05, 0.1) is 6.61 Å². The monoisotopic (exact) mass is 312 g/mol. The van der Waals surface area contributed by atoms with Gasteiger partial charge in [-0.15, -0.1) is 0 Å². The van der Waals surface area contributed by atoms with Crippen LogP contribution in [0.4, 0.5) is 4.39 Å². The molecule has 1 aromatic heterocycles. The van der Waals surface area contributed by atoms with Crippen LogP contribution < -0.4 is 4.74 Å². The van der Waals surface area contributed by atoms with Crippen LogP contribution >= 0.6 is 15.9 Å². The van der Waals surface area contributed by atoms with E-state index >= 15 is 0 Å². The molecule has 5 heteroatoms. The van der Waals surface area contributed by atoms with Gasteiger partial charge in [-0.25, -0.2) is 4.39 Å². The Morgan fingerprint density at radius 3 is 2.89 bits per heavy atom. The summed E-state index contributed by atoms with van der Waals surface area (Å²) in [6.45, 7) is 0.431. The minimum absolute atomic E-state index is 0.322. The third-order valence-electron chi connectivity index (χ3n) is 2.72. The molecule has 18 heavy (non-hydrogen) atoms. The maximum atomic E-state index is 13.6. The van der Waals surface area contributed by atoms with Crippen LogP contribution in [0.1, 0.15) is 11.3 Å². The number of nitrogens with zero attached hydrogens (tertiary/aromatic N) is 2. The summed E-state index contributed by atoms with van der Waals surface area (Å²) in [6, 6.07) is 6.86. The number of aryl methyl sites for hydroxylation is 1. The van der Waals surface area contributed by atoms with Gasteiger partial charge in [-0.3, -0.25) is 4.68 Å². The number of alkyl halides is 1. The highest BCUT2D eigenvalue weighted by molar-refractivity contribution is 9.08. The largest absolute Gasteiger partial charge is 0.490 e. The fraction of sp³-hybridized carbons (Fsp3) is 0.308. The van der Waals surface area contributed by atoms with Crippen molar-refractivity contribution in [2.75, 3.05) is 6.61 Å². The van der Waals surface area contributed by atoms with E-state index in [1.807, 2.05) is 19.2 Å². The van der Waals surface area contributed by atoms with Crippen molar-refractivity contribution in [2.45, 2.75) is 11.8 Å². The quantitative estimate of drug-likeness (QED) is 0.793. The Balaban J connectivity index is 2.00. The third-order valence-corrected chi connectivity index (χ3v) is 3.32. The molecule has 2 aromatic rings. The van der Waals surface area contributed by atoms with E-state index in [1.54, 1.807) is 16.9 Å². The van der Waals surface area contributed by atoms with E-state index in [4.69, 9.17) is 4.74 Å². The van der Waals surface area contributed by atoms with Gasteiger partial charge >= 0.3 is 0 Å². The first-order valence-electron chi connectivity index (χ1n) is 5.65. The summed E-state index contributed by atoms with van der Waals surface area (Å²) in [5.74, 6) is 0.00787. The van der Waals surface area contributed by atoms with Gasteiger partial charge in [0.1, 0.15) is 0 Å². The molecule has 1 heterocycles. The Hall–Kier alpha value is -1.36. The average molecular weight is 313 g/mol. The number of benzene rings is 1. The van der Waals surface area contributed by atoms with Gasteiger partial charge in [-0.05, 0) is 12.1 Å². The molecule has 0 fully saturated rings. The number of aromatic nitrogens is 2. The highest BCUT2D eigenvalue weighted by Gasteiger charge is 2.09. The molecule has 3 nitrogen and oxygen atoms in total. The summed E-state index contributed by atoms with van der Waals surface area (Å²) >= 11 is 3.32. The molecule has 0 unspecified atom stereocenters. The summed E-state index contributed by atoms with van der Waals surface area (Å²) < 4.78 is 20.9. The molecular formula is C13H14BrFN2O. The van der Waals surface area contributed by atoms with Gasteiger partial charge in [-0.2, -0.15) is 5.10 Å². The number of halogens is 2. The van der Waals surface area contributed by atoms with E-state index in [-0.39, 0.29) is 5.82 Å². The van der Waals surface area contributed by atoms with Crippen LogP contribution in [-0.4, -0.2) is 16.4 Å². The second-order valence-corrected chi connectivity index (χ2v) is 4.47. The Morgan fingerprint density at radius 2 is 2.22 bits per heavy atom. The molecule has 0 aliphatic carbocycles. The lowest BCUT2D eigenvalue weighted by molar-refractivity contribution is 0.300. The van der Waals surface area contributed by atoms with Crippen molar-refractivity contribution in [3.8, 4) is 5.75 Å². The first kappa shape index (κ1) is 13.1. The molecule has 0 N–H and O–H groups in total. The van der Waals surface area contributed by atoms with Gasteiger partial charge < -0.3 is 4.74 Å². The normalized spacial score (nSPS) is 10.6. The van der Waals surface area contributed by atoms with E-state index < -0.39 is 0 Å². The first-order chi connectivity index (χ1) is 8.72. The summed E-state index contributed by atoms with van der Waals surface area (Å²) in [5, 5.41) is 4.65. The van der Waals surface area contributed by atoms with Gasteiger partial charge in [0.15, 0.2) is 11.6 Å². The molecule has 0 aliphatic rings. The topological polar surface area (TPSA) is 27.1 Å². The molecule has 2 rings (SSSR count). The Bertz CT molecular complexity index is 527. The van der Waals surface area contributed by atoms with Crippen LogP contribution in [0.25, 0.3) is 0 Å². The number of hydrogen-bond donors (Lipinski definition) is 0. The van der Waals surface area contributed by atoms with E-state index in [9.17, 15) is 4.39 Å². The minimum atomic E-state index is -0.322. The fourth-order valence-electron chi connectivity index (χ4n) is 1.72. The van der Waals surface area contributed by atoms with E-state index in [2.05, 4.69) is 21.0 Å². The number of hydrogen-bond acceptors (Lipinski definition) is 2. The highest BCUT2D eigenvalue weighted by atomic mass is 79.9. The predicted molar refractivity (Wildman–Crippen MR) is 71.4 cm³/mol. The lowest BCUT2D eigenvalue weighted by Crippen LogP contribution is -2.07. The third kappa shape index (κ3) is 2.90. The SMILES string of the molecule is Cn1nccc1CCOc1c(F)cccc1CBr. The first-order valence-corrected chi connectivity index (χ1v) is 6.77. The van der Waals surface area contributed by atoms with E-state index in [1.165, 1.54) is 6.07 Å². The molecule has 0 spiro atoms. The molecule has 0 bridgehead atoms. The zero-order valence-corrected chi connectivity index (χ0v) is 11.7. The molecule has 1 aromatic carbocycles. The molecule has 0 saturated heterocycles. The molecule has 0 amide bonds. The van der Waals surface area contributed by atoms with Gasteiger partial charge in [0.2, 0.25) is 0 Å². The Kier molecular flexibility index (Phi) is 4.36. The summed E-state index contributed by atoms with van der Waals surface area (Å²) in [5.41, 5.74) is 1.88. The van der Waals surface area contributed by atoms with Gasteiger partial charge in [-0.1, -0.05) is 28.1 Å². The number of rotatable bonds is 5. The van der Waals surface area contributed by atoms with E-state index in [0.29, 0.717) is 24.1 Å². The molecule has 0 aliphatic heterocycles. The van der Waals surface area contributed by atoms with Crippen LogP contribution in [0.2, 0.25) is 0 Å². The number of ether oxygens (including phenoxy) is 1. The van der Waals surface area contributed by atoms with E-state index in [0.717, 1.165) is 11.3 Å². The molecule has 0 radical (unpaired) electrons. The van der Waals surface area contributed by atoms with Crippen LogP contribution in [0.3, 0.4) is 0 Å². The second-order valence-electron chi connectivity index (χ2n) is 3.91. The van der Waals surface area contributed by atoms with Crippen molar-refractivity contribution >= 4 is 15.9 Å². The second kappa shape index (κ2) is 6.00. The maximum absolute atomic E-state index is 13.6. The molecular weight excluding hydrogens is 299 g/mol. The Morgan fingerprint density at radius 1 is 1.39 bits per heavy atom. The lowest BCUT2D eigenvalue weighted by Gasteiger charge is -2.10. The summed E-state index contributed by atoms with van der Waals surface area (Å²) in [7, 11) is 1.88.